The molecule has 0 aliphatic heterocycles. The van der Waals surface area contributed by atoms with Gasteiger partial charge in [-0.05, 0) is 29.8 Å². The van der Waals surface area contributed by atoms with E-state index in [4.69, 9.17) is 33.2 Å². The maximum atomic E-state index is 13.1. The van der Waals surface area contributed by atoms with E-state index < -0.39 is 5.82 Å². The molecule has 0 amide bonds. The van der Waals surface area contributed by atoms with Crippen molar-refractivity contribution >= 4 is 23.2 Å². The minimum atomic E-state index is -0.549. The lowest BCUT2D eigenvalue weighted by atomic mass is 10.1. The Balaban J connectivity index is 2.15. The molecule has 0 bridgehead atoms. The van der Waals surface area contributed by atoms with E-state index in [1.807, 2.05) is 0 Å². The molecule has 2 nitrogen and oxygen atoms in total. The molecule has 19 heavy (non-hydrogen) atoms. The molecule has 0 aromatic heterocycles. The number of ether oxygens (including phenoxy) is 1. The van der Waals surface area contributed by atoms with Gasteiger partial charge in [-0.3, -0.25) is 0 Å². The lowest BCUT2D eigenvalue weighted by Gasteiger charge is -2.08. The van der Waals surface area contributed by atoms with Gasteiger partial charge < -0.3 is 4.74 Å². The molecule has 0 saturated carbocycles. The van der Waals surface area contributed by atoms with Gasteiger partial charge in [0.2, 0.25) is 0 Å². The monoisotopic (exact) mass is 295 g/mol. The molecule has 5 heteroatoms. The Kier molecular flexibility index (Phi) is 4.26. The fraction of sp³-hybridized carbons (Fsp3) is 0.0714. The summed E-state index contributed by atoms with van der Waals surface area (Å²) in [5, 5.41) is 9.69. The van der Waals surface area contributed by atoms with Crippen LogP contribution < -0.4 is 4.74 Å². The summed E-state index contributed by atoms with van der Waals surface area (Å²) in [4.78, 5) is 0. The molecule has 2 aromatic carbocycles. The zero-order valence-electron chi connectivity index (χ0n) is 9.66. The van der Waals surface area contributed by atoms with Crippen LogP contribution in [0.2, 0.25) is 10.0 Å². The molecule has 0 heterocycles. The molecule has 96 valence electrons. The van der Waals surface area contributed by atoms with Crippen LogP contribution in [0.15, 0.2) is 36.4 Å². The quantitative estimate of drug-likeness (QED) is 0.830. The van der Waals surface area contributed by atoms with E-state index in [0.717, 1.165) is 0 Å². The molecule has 0 aliphatic carbocycles. The van der Waals surface area contributed by atoms with E-state index in [0.29, 0.717) is 21.4 Å². The van der Waals surface area contributed by atoms with Crippen LogP contribution >= 0.6 is 23.2 Å². The zero-order valence-corrected chi connectivity index (χ0v) is 11.2. The smallest absolute Gasteiger partial charge is 0.140 e. The highest BCUT2D eigenvalue weighted by molar-refractivity contribution is 6.34. The van der Waals surface area contributed by atoms with E-state index in [1.165, 1.54) is 12.1 Å². The largest absolute Gasteiger partial charge is 0.487 e. The Hall–Kier alpha value is -1.76. The van der Waals surface area contributed by atoms with E-state index in [-0.39, 0.29) is 12.2 Å². The van der Waals surface area contributed by atoms with Gasteiger partial charge >= 0.3 is 0 Å². The van der Waals surface area contributed by atoms with Gasteiger partial charge in [0, 0.05) is 11.1 Å². The van der Waals surface area contributed by atoms with Crippen LogP contribution in [0, 0.1) is 17.1 Å². The number of rotatable bonds is 3. The topological polar surface area (TPSA) is 33.0 Å². The normalized spacial score (nSPS) is 10.0. The number of benzene rings is 2. The van der Waals surface area contributed by atoms with Crippen molar-refractivity contribution in [3.05, 3.63) is 63.4 Å². The Morgan fingerprint density at radius 3 is 2.68 bits per heavy atom. The van der Waals surface area contributed by atoms with E-state index in [2.05, 4.69) is 0 Å². The summed E-state index contributed by atoms with van der Waals surface area (Å²) in [6.45, 7) is 0.176. The minimum Gasteiger partial charge on any atom is -0.487 e. The molecule has 0 spiro atoms. The third-order valence-electron chi connectivity index (χ3n) is 2.44. The maximum absolute atomic E-state index is 13.1. The standard InChI is InChI=1S/C14H8Cl2FNO/c15-11-2-3-12(16)14(6-11)19-8-9-1-4-13(17)10(5-9)7-18/h1-6H,8H2. The highest BCUT2D eigenvalue weighted by atomic mass is 35.5. The van der Waals surface area contributed by atoms with Crippen LogP contribution in [0.4, 0.5) is 4.39 Å². The van der Waals surface area contributed by atoms with Gasteiger partial charge in [-0.2, -0.15) is 5.26 Å². The Morgan fingerprint density at radius 1 is 1.16 bits per heavy atom. The zero-order chi connectivity index (χ0) is 13.8. The Morgan fingerprint density at radius 2 is 1.95 bits per heavy atom. The molecule has 0 fully saturated rings. The summed E-state index contributed by atoms with van der Waals surface area (Å²) in [5.74, 6) is -0.107. The average Bonchev–Trinajstić information content (AvgIpc) is 2.41. The summed E-state index contributed by atoms with van der Waals surface area (Å²) in [5.41, 5.74) is 0.660. The second-order valence-corrected chi connectivity index (χ2v) is 4.63. The van der Waals surface area contributed by atoms with Crippen LogP contribution in [-0.4, -0.2) is 0 Å². The van der Waals surface area contributed by atoms with Gasteiger partial charge in [0.1, 0.15) is 24.2 Å². The third kappa shape index (κ3) is 3.37. The van der Waals surface area contributed by atoms with Gasteiger partial charge in [-0.15, -0.1) is 0 Å². The van der Waals surface area contributed by atoms with Crippen LogP contribution in [0.1, 0.15) is 11.1 Å². The number of hydrogen-bond acceptors (Lipinski definition) is 2. The van der Waals surface area contributed by atoms with Crippen molar-refractivity contribution < 1.29 is 9.13 Å². The van der Waals surface area contributed by atoms with Crippen LogP contribution in [-0.2, 0) is 6.61 Å². The van der Waals surface area contributed by atoms with Crippen molar-refractivity contribution in [2.45, 2.75) is 6.61 Å². The lowest BCUT2D eigenvalue weighted by Crippen LogP contribution is -1.97. The summed E-state index contributed by atoms with van der Waals surface area (Å²) < 4.78 is 18.6. The van der Waals surface area contributed by atoms with Gasteiger partial charge in [0.05, 0.1) is 10.6 Å². The molecule has 2 rings (SSSR count). The number of nitrogens with zero attached hydrogens (tertiary/aromatic N) is 1. The molecule has 0 N–H and O–H groups in total. The molecule has 0 saturated heterocycles. The predicted octanol–water partition coefficient (Wildman–Crippen LogP) is 4.58. The number of hydrogen-bond donors (Lipinski definition) is 0. The van der Waals surface area contributed by atoms with Gasteiger partial charge in [0.25, 0.3) is 0 Å². The Bertz CT molecular complexity index is 652. The van der Waals surface area contributed by atoms with Crippen molar-refractivity contribution in [1.82, 2.24) is 0 Å². The highest BCUT2D eigenvalue weighted by Gasteiger charge is 2.06. The molecular weight excluding hydrogens is 288 g/mol. The van der Waals surface area contributed by atoms with Crippen molar-refractivity contribution in [2.24, 2.45) is 0 Å². The van der Waals surface area contributed by atoms with Crippen LogP contribution in [0.3, 0.4) is 0 Å². The van der Waals surface area contributed by atoms with Crippen molar-refractivity contribution in [3.8, 4) is 11.8 Å². The van der Waals surface area contributed by atoms with Gasteiger partial charge in [-0.25, -0.2) is 4.39 Å². The summed E-state index contributed by atoms with van der Waals surface area (Å²) >= 11 is 11.8. The van der Waals surface area contributed by atoms with Gasteiger partial charge in [0.15, 0.2) is 0 Å². The summed E-state index contributed by atoms with van der Waals surface area (Å²) in [6.07, 6.45) is 0. The second-order valence-electron chi connectivity index (χ2n) is 3.79. The van der Waals surface area contributed by atoms with Crippen molar-refractivity contribution in [2.75, 3.05) is 0 Å². The molecule has 0 radical (unpaired) electrons. The van der Waals surface area contributed by atoms with Crippen LogP contribution in [0.25, 0.3) is 0 Å². The van der Waals surface area contributed by atoms with Crippen molar-refractivity contribution in [3.63, 3.8) is 0 Å². The molecule has 0 aliphatic rings. The maximum Gasteiger partial charge on any atom is 0.140 e. The molecule has 0 unspecified atom stereocenters. The second kappa shape index (κ2) is 5.92. The SMILES string of the molecule is N#Cc1cc(COc2cc(Cl)ccc2Cl)ccc1F. The first-order valence-electron chi connectivity index (χ1n) is 5.36. The summed E-state index contributed by atoms with van der Waals surface area (Å²) in [7, 11) is 0. The fourth-order valence-corrected chi connectivity index (χ4v) is 1.83. The average molecular weight is 296 g/mol. The summed E-state index contributed by atoms with van der Waals surface area (Å²) in [6, 6.07) is 10.9. The molecule has 0 atom stereocenters. The lowest BCUT2D eigenvalue weighted by molar-refractivity contribution is 0.306. The number of nitriles is 1. The van der Waals surface area contributed by atoms with E-state index >= 15 is 0 Å². The predicted molar refractivity (Wildman–Crippen MR) is 71.9 cm³/mol. The van der Waals surface area contributed by atoms with Crippen LogP contribution in [0.5, 0.6) is 5.75 Å². The van der Waals surface area contributed by atoms with E-state index in [9.17, 15) is 4.39 Å². The van der Waals surface area contributed by atoms with Crippen molar-refractivity contribution in [1.29, 1.82) is 5.26 Å². The van der Waals surface area contributed by atoms with Gasteiger partial charge in [-0.1, -0.05) is 29.3 Å². The fourth-order valence-electron chi connectivity index (χ4n) is 1.50. The first-order valence-corrected chi connectivity index (χ1v) is 6.12. The third-order valence-corrected chi connectivity index (χ3v) is 2.99. The molecular formula is C14H8Cl2FNO. The first kappa shape index (κ1) is 13.7. The first-order chi connectivity index (χ1) is 9.10. The molecule has 2 aromatic rings. The Labute approximate surface area is 119 Å². The minimum absolute atomic E-state index is 0.0155. The number of halogens is 3. The highest BCUT2D eigenvalue weighted by Crippen LogP contribution is 2.28. The van der Waals surface area contributed by atoms with E-state index in [1.54, 1.807) is 30.3 Å².